The van der Waals surface area contributed by atoms with Crippen LogP contribution in [0.2, 0.25) is 0 Å². The Bertz CT molecular complexity index is 716. The number of nitrogens with one attached hydrogen (secondary N) is 3. The lowest BCUT2D eigenvalue weighted by Crippen LogP contribution is -2.48. The molecule has 0 spiro atoms. The van der Waals surface area contributed by atoms with Crippen molar-refractivity contribution in [2.24, 2.45) is 5.92 Å². The van der Waals surface area contributed by atoms with Crippen molar-refractivity contribution in [1.82, 2.24) is 20.9 Å². The van der Waals surface area contributed by atoms with E-state index in [0.717, 1.165) is 38.1 Å². The maximum Gasteiger partial charge on any atom is 0.315 e. The summed E-state index contributed by atoms with van der Waals surface area (Å²) < 4.78 is 5.28. The van der Waals surface area contributed by atoms with E-state index in [4.69, 9.17) is 4.74 Å². The van der Waals surface area contributed by atoms with Gasteiger partial charge in [-0.15, -0.1) is 0 Å². The number of carbonyl (C=O) groups excluding carboxylic acids is 2. The zero-order valence-corrected chi connectivity index (χ0v) is 19.2. The van der Waals surface area contributed by atoms with Crippen molar-refractivity contribution < 1.29 is 14.3 Å². The molecule has 0 radical (unpaired) electrons. The molecule has 172 valence electrons. The quantitative estimate of drug-likeness (QED) is 0.591. The van der Waals surface area contributed by atoms with Gasteiger partial charge in [0.05, 0.1) is 13.2 Å². The van der Waals surface area contributed by atoms with Crippen LogP contribution in [0, 0.1) is 5.92 Å². The SMILES string of the molecule is COc1ccc(C(CNC(=O)NC2CCCC(C(=O)NC(C)C)C2)N2CCCC2)cc1. The van der Waals surface area contributed by atoms with Crippen LogP contribution in [0.5, 0.6) is 5.75 Å². The summed E-state index contributed by atoms with van der Waals surface area (Å²) in [6.07, 6.45) is 5.88. The van der Waals surface area contributed by atoms with Gasteiger partial charge in [-0.25, -0.2) is 4.79 Å². The number of ether oxygens (including phenoxy) is 1. The maximum atomic E-state index is 12.7. The molecule has 2 fully saturated rings. The Labute approximate surface area is 186 Å². The van der Waals surface area contributed by atoms with Crippen molar-refractivity contribution in [3.63, 3.8) is 0 Å². The molecule has 1 heterocycles. The fourth-order valence-electron chi connectivity index (χ4n) is 4.72. The van der Waals surface area contributed by atoms with Gasteiger partial charge in [-0.1, -0.05) is 18.6 Å². The molecule has 1 saturated heterocycles. The molecule has 3 atom stereocenters. The first-order valence-corrected chi connectivity index (χ1v) is 11.7. The fourth-order valence-corrected chi connectivity index (χ4v) is 4.72. The van der Waals surface area contributed by atoms with Gasteiger partial charge in [-0.2, -0.15) is 0 Å². The molecule has 3 N–H and O–H groups in total. The van der Waals surface area contributed by atoms with Crippen LogP contribution in [0.15, 0.2) is 24.3 Å². The number of nitrogens with zero attached hydrogens (tertiary/aromatic N) is 1. The molecule has 0 bridgehead atoms. The maximum absolute atomic E-state index is 12.7. The van der Waals surface area contributed by atoms with Gasteiger partial charge in [-0.05, 0) is 76.7 Å². The Hall–Kier alpha value is -2.28. The van der Waals surface area contributed by atoms with Gasteiger partial charge in [0.1, 0.15) is 5.75 Å². The summed E-state index contributed by atoms with van der Waals surface area (Å²) in [7, 11) is 1.67. The van der Waals surface area contributed by atoms with Crippen LogP contribution in [-0.2, 0) is 4.79 Å². The molecular formula is C24H38N4O3. The van der Waals surface area contributed by atoms with Crippen molar-refractivity contribution in [3.05, 3.63) is 29.8 Å². The van der Waals surface area contributed by atoms with Crippen molar-refractivity contribution in [2.45, 2.75) is 70.5 Å². The van der Waals surface area contributed by atoms with E-state index in [9.17, 15) is 9.59 Å². The molecule has 31 heavy (non-hydrogen) atoms. The summed E-state index contributed by atoms with van der Waals surface area (Å²) in [5.41, 5.74) is 1.19. The van der Waals surface area contributed by atoms with Crippen LogP contribution in [0.25, 0.3) is 0 Å². The van der Waals surface area contributed by atoms with Crippen LogP contribution < -0.4 is 20.7 Å². The summed E-state index contributed by atoms with van der Waals surface area (Å²) in [4.78, 5) is 27.4. The largest absolute Gasteiger partial charge is 0.497 e. The highest BCUT2D eigenvalue weighted by Gasteiger charge is 2.29. The molecule has 1 saturated carbocycles. The van der Waals surface area contributed by atoms with Crippen molar-refractivity contribution >= 4 is 11.9 Å². The minimum Gasteiger partial charge on any atom is -0.497 e. The molecule has 1 aliphatic carbocycles. The lowest BCUT2D eigenvalue weighted by molar-refractivity contribution is -0.126. The zero-order chi connectivity index (χ0) is 22.2. The van der Waals surface area contributed by atoms with Crippen LogP contribution in [0.1, 0.15) is 64.0 Å². The Morgan fingerprint density at radius 3 is 2.45 bits per heavy atom. The first-order chi connectivity index (χ1) is 15.0. The van der Waals surface area contributed by atoms with E-state index in [0.29, 0.717) is 13.0 Å². The third kappa shape index (κ3) is 6.86. The first-order valence-electron chi connectivity index (χ1n) is 11.7. The second-order valence-corrected chi connectivity index (χ2v) is 9.11. The van der Waals surface area contributed by atoms with Crippen molar-refractivity contribution in [2.75, 3.05) is 26.7 Å². The summed E-state index contributed by atoms with van der Waals surface area (Å²) in [5.74, 6) is 0.927. The molecule has 7 nitrogen and oxygen atoms in total. The highest BCUT2D eigenvalue weighted by molar-refractivity contribution is 5.79. The number of hydrogen-bond donors (Lipinski definition) is 3. The topological polar surface area (TPSA) is 82.7 Å². The predicted octanol–water partition coefficient (Wildman–Crippen LogP) is 3.21. The highest BCUT2D eigenvalue weighted by Crippen LogP contribution is 2.27. The number of methoxy groups -OCH3 is 1. The number of likely N-dealkylation sites (tertiary alicyclic amines) is 1. The number of benzene rings is 1. The Morgan fingerprint density at radius 1 is 1.10 bits per heavy atom. The summed E-state index contributed by atoms with van der Waals surface area (Å²) >= 11 is 0. The lowest BCUT2D eigenvalue weighted by atomic mass is 9.85. The Balaban J connectivity index is 1.53. The number of carbonyl (C=O) groups is 2. The van der Waals surface area contributed by atoms with Gasteiger partial charge in [0.25, 0.3) is 0 Å². The van der Waals surface area contributed by atoms with Gasteiger partial charge in [0.15, 0.2) is 0 Å². The van der Waals surface area contributed by atoms with Crippen LogP contribution in [-0.4, -0.2) is 55.7 Å². The van der Waals surface area contributed by atoms with Crippen LogP contribution in [0.3, 0.4) is 0 Å². The lowest BCUT2D eigenvalue weighted by Gasteiger charge is -2.31. The monoisotopic (exact) mass is 430 g/mol. The predicted molar refractivity (Wildman–Crippen MR) is 122 cm³/mol. The molecule has 7 heteroatoms. The number of amides is 3. The molecule has 0 aromatic heterocycles. The minimum absolute atomic E-state index is 0.0157. The minimum atomic E-state index is -0.146. The van der Waals surface area contributed by atoms with Gasteiger partial charge in [-0.3, -0.25) is 9.69 Å². The average molecular weight is 431 g/mol. The van der Waals surface area contributed by atoms with Gasteiger partial charge < -0.3 is 20.7 Å². The summed E-state index contributed by atoms with van der Waals surface area (Å²) in [6, 6.07) is 8.31. The number of urea groups is 1. The highest BCUT2D eigenvalue weighted by atomic mass is 16.5. The third-order valence-corrected chi connectivity index (χ3v) is 6.35. The summed E-state index contributed by atoms with van der Waals surface area (Å²) in [6.45, 7) is 6.61. The van der Waals surface area contributed by atoms with Gasteiger partial charge in [0, 0.05) is 24.5 Å². The zero-order valence-electron chi connectivity index (χ0n) is 19.2. The standard InChI is InChI=1S/C24H38N4O3/c1-17(2)26-23(29)19-7-6-8-20(15-19)27-24(30)25-16-22(28-13-4-5-14-28)18-9-11-21(31-3)12-10-18/h9-12,17,19-20,22H,4-8,13-16H2,1-3H3,(H,26,29)(H2,25,27,30). The second kappa shape index (κ2) is 11.4. The van der Waals surface area contributed by atoms with Crippen LogP contribution >= 0.6 is 0 Å². The van der Waals surface area contributed by atoms with Gasteiger partial charge in [0.2, 0.25) is 5.91 Å². The number of rotatable bonds is 8. The molecule has 1 aromatic carbocycles. The molecule has 3 rings (SSSR count). The summed E-state index contributed by atoms with van der Waals surface area (Å²) in [5, 5.41) is 9.19. The van der Waals surface area contributed by atoms with E-state index < -0.39 is 0 Å². The Morgan fingerprint density at radius 2 is 1.81 bits per heavy atom. The number of hydrogen-bond acceptors (Lipinski definition) is 4. The van der Waals surface area contributed by atoms with Gasteiger partial charge >= 0.3 is 6.03 Å². The normalized spacial score (nSPS) is 22.7. The Kier molecular flexibility index (Phi) is 8.58. The molecule has 3 amide bonds. The smallest absolute Gasteiger partial charge is 0.315 e. The van der Waals surface area contributed by atoms with E-state index >= 15 is 0 Å². The van der Waals surface area contributed by atoms with Crippen molar-refractivity contribution in [1.29, 1.82) is 0 Å². The van der Waals surface area contributed by atoms with E-state index in [2.05, 4.69) is 33.0 Å². The van der Waals surface area contributed by atoms with E-state index in [1.807, 2.05) is 26.0 Å². The molecular weight excluding hydrogens is 392 g/mol. The van der Waals surface area contributed by atoms with E-state index in [1.165, 1.54) is 18.4 Å². The first kappa shape index (κ1) is 23.4. The molecule has 1 aliphatic heterocycles. The van der Waals surface area contributed by atoms with E-state index in [1.54, 1.807) is 7.11 Å². The average Bonchev–Trinajstić information content (AvgIpc) is 3.28. The molecule has 2 aliphatic rings. The third-order valence-electron chi connectivity index (χ3n) is 6.35. The van der Waals surface area contributed by atoms with Crippen LogP contribution in [0.4, 0.5) is 4.79 Å². The van der Waals surface area contributed by atoms with E-state index in [-0.39, 0.29) is 36.0 Å². The van der Waals surface area contributed by atoms with Crippen molar-refractivity contribution in [3.8, 4) is 5.75 Å². The fraction of sp³-hybridized carbons (Fsp3) is 0.667. The second-order valence-electron chi connectivity index (χ2n) is 9.11. The molecule has 1 aromatic rings. The molecule has 3 unspecified atom stereocenters.